The molecule has 1 atom stereocenters. The lowest BCUT2D eigenvalue weighted by molar-refractivity contribution is 0.0150. The van der Waals surface area contributed by atoms with Crippen LogP contribution in [0.15, 0.2) is 23.2 Å². The van der Waals surface area contributed by atoms with Gasteiger partial charge in [0.25, 0.3) is 0 Å². The number of aromatic nitrogens is 1. The van der Waals surface area contributed by atoms with E-state index in [1.165, 1.54) is 10.5 Å². The second-order valence-corrected chi connectivity index (χ2v) is 9.65. The van der Waals surface area contributed by atoms with Crippen molar-refractivity contribution in [1.82, 2.24) is 14.2 Å². The first-order valence-corrected chi connectivity index (χ1v) is 11.5. The summed E-state index contributed by atoms with van der Waals surface area (Å²) in [5.41, 5.74) is 0. The van der Waals surface area contributed by atoms with Crippen LogP contribution in [0.3, 0.4) is 0 Å². The molecule has 0 spiro atoms. The molecule has 3 heterocycles. The summed E-state index contributed by atoms with van der Waals surface area (Å²) in [6, 6.07) is 3.79. The van der Waals surface area contributed by atoms with E-state index in [1.807, 2.05) is 0 Å². The van der Waals surface area contributed by atoms with Crippen molar-refractivity contribution >= 4 is 15.8 Å². The maximum absolute atomic E-state index is 12.7. The molecule has 1 aromatic rings. The van der Waals surface area contributed by atoms with Crippen molar-refractivity contribution in [2.45, 2.75) is 31.2 Å². The van der Waals surface area contributed by atoms with Crippen LogP contribution >= 0.6 is 0 Å². The van der Waals surface area contributed by atoms with Gasteiger partial charge < -0.3 is 14.8 Å². The fraction of sp³-hybridized carbons (Fsp3) is 0.737. The number of hydrogen-bond donors (Lipinski definition) is 1. The van der Waals surface area contributed by atoms with Gasteiger partial charge in [-0.3, -0.25) is 4.90 Å². The Morgan fingerprint density at radius 3 is 2.29 bits per heavy atom. The number of anilines is 1. The number of rotatable bonds is 8. The monoisotopic (exact) mass is 412 g/mol. The van der Waals surface area contributed by atoms with Crippen LogP contribution in [0, 0.1) is 5.92 Å². The smallest absolute Gasteiger partial charge is 0.244 e. The second-order valence-electron chi connectivity index (χ2n) is 7.71. The SMILES string of the molecule is CC(C)CC(CNc1ccc(S(=O)(=O)N2CCOCC2)cn1)N1CCOCC1. The third kappa shape index (κ3) is 5.64. The van der Waals surface area contributed by atoms with Crippen molar-refractivity contribution in [2.75, 3.05) is 64.5 Å². The Bertz CT molecular complexity index is 699. The number of pyridine rings is 1. The molecule has 0 bridgehead atoms. The van der Waals surface area contributed by atoms with Gasteiger partial charge in [-0.25, -0.2) is 13.4 Å². The van der Waals surface area contributed by atoms with Crippen molar-refractivity contribution in [1.29, 1.82) is 0 Å². The number of morpholine rings is 2. The molecule has 28 heavy (non-hydrogen) atoms. The summed E-state index contributed by atoms with van der Waals surface area (Å²) in [6.45, 7) is 10.3. The van der Waals surface area contributed by atoms with Gasteiger partial charge in [-0.05, 0) is 24.5 Å². The summed E-state index contributed by atoms with van der Waals surface area (Å²) < 4.78 is 37.5. The molecule has 3 rings (SSSR count). The third-order valence-corrected chi connectivity index (χ3v) is 7.05. The predicted octanol–water partition coefficient (Wildman–Crippen LogP) is 1.26. The lowest BCUT2D eigenvalue weighted by atomic mass is 10.0. The quantitative estimate of drug-likeness (QED) is 0.688. The third-order valence-electron chi connectivity index (χ3n) is 5.17. The maximum atomic E-state index is 12.7. The Labute approximate surface area is 168 Å². The summed E-state index contributed by atoms with van der Waals surface area (Å²) in [7, 11) is -3.50. The van der Waals surface area contributed by atoms with Crippen LogP contribution in [0.2, 0.25) is 0 Å². The molecule has 158 valence electrons. The largest absolute Gasteiger partial charge is 0.379 e. The molecule has 0 amide bonds. The Balaban J connectivity index is 1.60. The molecular weight excluding hydrogens is 380 g/mol. The zero-order valence-electron chi connectivity index (χ0n) is 16.8. The number of sulfonamides is 1. The maximum Gasteiger partial charge on any atom is 0.244 e. The molecule has 2 aliphatic rings. The summed E-state index contributed by atoms with van der Waals surface area (Å²) in [5.74, 6) is 1.30. The minimum Gasteiger partial charge on any atom is -0.379 e. The van der Waals surface area contributed by atoms with E-state index in [1.54, 1.807) is 12.1 Å². The molecule has 0 radical (unpaired) electrons. The summed E-state index contributed by atoms with van der Waals surface area (Å²) in [5, 5.41) is 3.38. The van der Waals surface area contributed by atoms with Gasteiger partial charge in [0.2, 0.25) is 10.0 Å². The van der Waals surface area contributed by atoms with Gasteiger partial charge in [-0.2, -0.15) is 4.31 Å². The van der Waals surface area contributed by atoms with Gasteiger partial charge in [0.15, 0.2) is 0 Å². The van der Waals surface area contributed by atoms with Crippen LogP contribution in [-0.2, 0) is 19.5 Å². The van der Waals surface area contributed by atoms with Crippen LogP contribution in [0.25, 0.3) is 0 Å². The first-order chi connectivity index (χ1) is 13.5. The highest BCUT2D eigenvalue weighted by Crippen LogP contribution is 2.19. The fourth-order valence-electron chi connectivity index (χ4n) is 3.64. The lowest BCUT2D eigenvalue weighted by Gasteiger charge is -2.35. The van der Waals surface area contributed by atoms with Crippen LogP contribution in [-0.4, -0.2) is 87.8 Å². The van der Waals surface area contributed by atoms with Gasteiger partial charge in [-0.15, -0.1) is 0 Å². The first kappa shape index (κ1) is 21.4. The average Bonchev–Trinajstić information content (AvgIpc) is 2.72. The van der Waals surface area contributed by atoms with Crippen LogP contribution in [0.1, 0.15) is 20.3 Å². The molecule has 1 N–H and O–H groups in total. The Kier molecular flexibility index (Phi) is 7.64. The zero-order chi connectivity index (χ0) is 20.0. The first-order valence-electron chi connectivity index (χ1n) is 10.1. The molecule has 1 unspecified atom stereocenters. The molecule has 0 aliphatic carbocycles. The highest BCUT2D eigenvalue weighted by molar-refractivity contribution is 7.89. The van der Waals surface area contributed by atoms with Gasteiger partial charge in [0.05, 0.1) is 26.4 Å². The summed E-state index contributed by atoms with van der Waals surface area (Å²) >= 11 is 0. The molecule has 0 aromatic carbocycles. The molecular formula is C19H32N4O4S. The fourth-order valence-corrected chi connectivity index (χ4v) is 5.00. The molecule has 2 fully saturated rings. The molecule has 0 saturated carbocycles. The van der Waals surface area contributed by atoms with E-state index in [4.69, 9.17) is 9.47 Å². The summed E-state index contributed by atoms with van der Waals surface area (Å²) in [4.78, 5) is 7.04. The van der Waals surface area contributed by atoms with Crippen molar-refractivity contribution in [3.63, 3.8) is 0 Å². The van der Waals surface area contributed by atoms with E-state index in [2.05, 4.69) is 29.0 Å². The number of hydrogen-bond acceptors (Lipinski definition) is 7. The van der Waals surface area contributed by atoms with Gasteiger partial charge >= 0.3 is 0 Å². The molecule has 8 nitrogen and oxygen atoms in total. The van der Waals surface area contributed by atoms with Crippen LogP contribution in [0.5, 0.6) is 0 Å². The van der Waals surface area contributed by atoms with Crippen molar-refractivity contribution in [3.05, 3.63) is 18.3 Å². The highest BCUT2D eigenvalue weighted by Gasteiger charge is 2.27. The second kappa shape index (κ2) is 9.98. The number of nitrogens with zero attached hydrogens (tertiary/aromatic N) is 3. The van der Waals surface area contributed by atoms with E-state index in [-0.39, 0.29) is 4.90 Å². The van der Waals surface area contributed by atoms with E-state index in [0.29, 0.717) is 44.1 Å². The minimum absolute atomic E-state index is 0.229. The predicted molar refractivity (Wildman–Crippen MR) is 108 cm³/mol. The van der Waals surface area contributed by atoms with Crippen molar-refractivity contribution < 1.29 is 17.9 Å². The molecule has 2 aliphatic heterocycles. The Morgan fingerprint density at radius 1 is 1.07 bits per heavy atom. The van der Waals surface area contributed by atoms with Crippen molar-refractivity contribution in [3.8, 4) is 0 Å². The average molecular weight is 413 g/mol. The molecule has 1 aromatic heterocycles. The standard InChI is InChI=1S/C19H32N4O4S/c1-16(2)13-17(22-5-9-26-10-6-22)14-20-19-4-3-18(15-21-19)28(24,25)23-7-11-27-12-8-23/h3-4,15-17H,5-14H2,1-2H3,(H,20,21). The van der Waals surface area contributed by atoms with Gasteiger partial charge in [-0.1, -0.05) is 13.8 Å². The Morgan fingerprint density at radius 2 is 1.71 bits per heavy atom. The van der Waals surface area contributed by atoms with E-state index in [9.17, 15) is 8.42 Å². The minimum atomic E-state index is -3.50. The topological polar surface area (TPSA) is 84.0 Å². The van der Waals surface area contributed by atoms with Gasteiger partial charge in [0.1, 0.15) is 10.7 Å². The number of ether oxygens (including phenoxy) is 2. The number of nitrogens with one attached hydrogen (secondary N) is 1. The normalized spacial score (nSPS) is 21.0. The lowest BCUT2D eigenvalue weighted by Crippen LogP contribution is -2.47. The summed E-state index contributed by atoms with van der Waals surface area (Å²) in [6.07, 6.45) is 2.54. The Hall–Kier alpha value is -1.26. The zero-order valence-corrected chi connectivity index (χ0v) is 17.7. The van der Waals surface area contributed by atoms with Crippen LogP contribution in [0.4, 0.5) is 5.82 Å². The van der Waals surface area contributed by atoms with E-state index in [0.717, 1.165) is 39.3 Å². The van der Waals surface area contributed by atoms with E-state index >= 15 is 0 Å². The van der Waals surface area contributed by atoms with Gasteiger partial charge in [0, 0.05) is 45.0 Å². The molecule has 2 saturated heterocycles. The van der Waals surface area contributed by atoms with Crippen LogP contribution < -0.4 is 5.32 Å². The van der Waals surface area contributed by atoms with Crippen molar-refractivity contribution in [2.24, 2.45) is 5.92 Å². The highest BCUT2D eigenvalue weighted by atomic mass is 32.2. The molecule has 9 heteroatoms. The van der Waals surface area contributed by atoms with E-state index < -0.39 is 10.0 Å².